The Hall–Kier alpha value is -1.56. The van der Waals surface area contributed by atoms with Crippen molar-refractivity contribution < 1.29 is 23.1 Å². The summed E-state index contributed by atoms with van der Waals surface area (Å²) in [6.07, 6.45) is 0.580. The first-order chi connectivity index (χ1) is 8.51. The van der Waals surface area contributed by atoms with E-state index in [0.29, 0.717) is 18.6 Å². The Morgan fingerprint density at radius 3 is 2.22 bits per heavy atom. The molecule has 1 amide bonds. The van der Waals surface area contributed by atoms with Gasteiger partial charge in [-0.1, -0.05) is 6.92 Å². The second-order valence-corrected chi connectivity index (χ2v) is 3.76. The first-order valence-electron chi connectivity index (χ1n) is 5.56. The molecular formula is C12H14F3NO2. The monoisotopic (exact) mass is 261 g/mol. The summed E-state index contributed by atoms with van der Waals surface area (Å²) in [7, 11) is 0. The Kier molecular flexibility index (Phi) is 5.15. The Labute approximate surface area is 103 Å². The van der Waals surface area contributed by atoms with Gasteiger partial charge in [0.1, 0.15) is 23.0 Å². The standard InChI is InChI=1S/C12H14F3NO2/c1-2-3-16(4-5-17)12(18)11-9(14)6-8(13)7-10(11)15/h6-7,17H,2-5H2,1H3. The smallest absolute Gasteiger partial charge is 0.259 e. The zero-order chi connectivity index (χ0) is 13.7. The quantitative estimate of drug-likeness (QED) is 0.880. The summed E-state index contributed by atoms with van der Waals surface area (Å²) in [6, 6.07) is 0.915. The van der Waals surface area contributed by atoms with E-state index < -0.39 is 28.9 Å². The van der Waals surface area contributed by atoms with E-state index >= 15 is 0 Å². The highest BCUT2D eigenvalue weighted by Gasteiger charge is 2.23. The summed E-state index contributed by atoms with van der Waals surface area (Å²) in [4.78, 5) is 13.0. The molecule has 1 N–H and O–H groups in total. The first-order valence-corrected chi connectivity index (χ1v) is 5.56. The molecule has 0 saturated carbocycles. The Bertz CT molecular complexity index is 408. The van der Waals surface area contributed by atoms with Crippen LogP contribution in [0.1, 0.15) is 23.7 Å². The molecule has 0 aliphatic carbocycles. The third-order valence-electron chi connectivity index (χ3n) is 2.37. The van der Waals surface area contributed by atoms with E-state index in [4.69, 9.17) is 5.11 Å². The van der Waals surface area contributed by atoms with Crippen molar-refractivity contribution in [3.8, 4) is 0 Å². The van der Waals surface area contributed by atoms with Crippen molar-refractivity contribution in [2.75, 3.05) is 19.7 Å². The maximum atomic E-state index is 13.4. The zero-order valence-electron chi connectivity index (χ0n) is 9.92. The highest BCUT2D eigenvalue weighted by Crippen LogP contribution is 2.17. The second kappa shape index (κ2) is 6.39. The summed E-state index contributed by atoms with van der Waals surface area (Å²) in [5.74, 6) is -4.44. The molecule has 3 nitrogen and oxygen atoms in total. The van der Waals surface area contributed by atoms with Crippen LogP contribution in [0.3, 0.4) is 0 Å². The minimum atomic E-state index is -1.24. The van der Waals surface area contributed by atoms with Gasteiger partial charge in [0, 0.05) is 25.2 Å². The Morgan fingerprint density at radius 2 is 1.78 bits per heavy atom. The molecule has 0 fully saturated rings. The van der Waals surface area contributed by atoms with Crippen LogP contribution in [0.5, 0.6) is 0 Å². The van der Waals surface area contributed by atoms with E-state index in [1.165, 1.54) is 0 Å². The molecule has 18 heavy (non-hydrogen) atoms. The zero-order valence-corrected chi connectivity index (χ0v) is 9.92. The molecule has 0 spiro atoms. The number of nitrogens with zero attached hydrogens (tertiary/aromatic N) is 1. The SMILES string of the molecule is CCCN(CCO)C(=O)c1c(F)cc(F)cc1F. The molecular weight excluding hydrogens is 247 g/mol. The van der Waals surface area contributed by atoms with E-state index in [1.54, 1.807) is 6.92 Å². The average molecular weight is 261 g/mol. The van der Waals surface area contributed by atoms with E-state index in [-0.39, 0.29) is 19.7 Å². The number of benzene rings is 1. The fourth-order valence-electron chi connectivity index (χ4n) is 1.61. The maximum Gasteiger partial charge on any atom is 0.259 e. The molecule has 0 radical (unpaired) electrons. The number of aliphatic hydroxyl groups excluding tert-OH is 1. The van der Waals surface area contributed by atoms with Crippen LogP contribution in [-0.4, -0.2) is 35.6 Å². The van der Waals surface area contributed by atoms with Gasteiger partial charge < -0.3 is 10.0 Å². The number of carbonyl (C=O) groups is 1. The second-order valence-electron chi connectivity index (χ2n) is 3.76. The average Bonchev–Trinajstić information content (AvgIpc) is 2.27. The van der Waals surface area contributed by atoms with Gasteiger partial charge >= 0.3 is 0 Å². The molecule has 6 heteroatoms. The van der Waals surface area contributed by atoms with Crippen molar-refractivity contribution in [1.29, 1.82) is 0 Å². The molecule has 1 rings (SSSR count). The fourth-order valence-corrected chi connectivity index (χ4v) is 1.61. The number of halogens is 3. The lowest BCUT2D eigenvalue weighted by Gasteiger charge is -2.21. The minimum Gasteiger partial charge on any atom is -0.395 e. The van der Waals surface area contributed by atoms with Crippen LogP contribution in [0, 0.1) is 17.5 Å². The topological polar surface area (TPSA) is 40.5 Å². The van der Waals surface area contributed by atoms with Crippen LogP contribution in [0.4, 0.5) is 13.2 Å². The van der Waals surface area contributed by atoms with Crippen molar-refractivity contribution in [2.45, 2.75) is 13.3 Å². The summed E-state index contributed by atoms with van der Waals surface area (Å²) >= 11 is 0. The minimum absolute atomic E-state index is 0.0249. The molecule has 0 heterocycles. The summed E-state index contributed by atoms with van der Waals surface area (Å²) in [5, 5.41) is 8.80. The molecule has 1 aromatic rings. The molecule has 0 bridgehead atoms. The normalized spacial score (nSPS) is 10.5. The molecule has 0 unspecified atom stereocenters. The van der Waals surface area contributed by atoms with Gasteiger partial charge in [-0.3, -0.25) is 4.79 Å². The summed E-state index contributed by atoms with van der Waals surface area (Å²) in [6.45, 7) is 1.71. The first kappa shape index (κ1) is 14.5. The molecule has 0 atom stereocenters. The van der Waals surface area contributed by atoms with Crippen LogP contribution in [0.15, 0.2) is 12.1 Å². The number of hydrogen-bond donors (Lipinski definition) is 1. The lowest BCUT2D eigenvalue weighted by Crippen LogP contribution is -2.35. The maximum absolute atomic E-state index is 13.4. The Balaban J connectivity index is 3.08. The lowest BCUT2D eigenvalue weighted by molar-refractivity contribution is 0.0712. The molecule has 0 aliphatic rings. The predicted molar refractivity (Wildman–Crippen MR) is 59.6 cm³/mol. The van der Waals surface area contributed by atoms with Gasteiger partial charge in [0.05, 0.1) is 6.61 Å². The van der Waals surface area contributed by atoms with Crippen molar-refractivity contribution in [3.05, 3.63) is 35.1 Å². The van der Waals surface area contributed by atoms with Gasteiger partial charge in [0.25, 0.3) is 5.91 Å². The molecule has 100 valence electrons. The number of aliphatic hydroxyl groups is 1. The highest BCUT2D eigenvalue weighted by atomic mass is 19.1. The van der Waals surface area contributed by atoms with Crippen LogP contribution in [0.2, 0.25) is 0 Å². The van der Waals surface area contributed by atoms with Crippen LogP contribution in [-0.2, 0) is 0 Å². The molecule has 1 aromatic carbocycles. The van der Waals surface area contributed by atoms with Crippen LogP contribution in [0.25, 0.3) is 0 Å². The van der Waals surface area contributed by atoms with Crippen molar-refractivity contribution in [1.82, 2.24) is 4.90 Å². The van der Waals surface area contributed by atoms with Crippen molar-refractivity contribution >= 4 is 5.91 Å². The van der Waals surface area contributed by atoms with Gasteiger partial charge in [-0.15, -0.1) is 0 Å². The van der Waals surface area contributed by atoms with Gasteiger partial charge in [0.2, 0.25) is 0 Å². The summed E-state index contributed by atoms with van der Waals surface area (Å²) < 4.78 is 39.5. The molecule has 0 aliphatic heterocycles. The molecule has 0 saturated heterocycles. The van der Waals surface area contributed by atoms with Gasteiger partial charge in [0.15, 0.2) is 0 Å². The van der Waals surface area contributed by atoms with E-state index in [0.717, 1.165) is 4.90 Å². The number of hydrogen-bond acceptors (Lipinski definition) is 2. The Morgan fingerprint density at radius 1 is 1.22 bits per heavy atom. The lowest BCUT2D eigenvalue weighted by atomic mass is 10.1. The van der Waals surface area contributed by atoms with Crippen LogP contribution >= 0.6 is 0 Å². The highest BCUT2D eigenvalue weighted by molar-refractivity contribution is 5.94. The fraction of sp³-hybridized carbons (Fsp3) is 0.417. The van der Waals surface area contributed by atoms with Crippen molar-refractivity contribution in [3.63, 3.8) is 0 Å². The van der Waals surface area contributed by atoms with E-state index in [1.807, 2.05) is 0 Å². The number of carbonyl (C=O) groups excluding carboxylic acids is 1. The van der Waals surface area contributed by atoms with Gasteiger partial charge in [-0.25, -0.2) is 13.2 Å². The largest absolute Gasteiger partial charge is 0.395 e. The molecule has 0 aromatic heterocycles. The van der Waals surface area contributed by atoms with Gasteiger partial charge in [-0.05, 0) is 6.42 Å². The third-order valence-corrected chi connectivity index (χ3v) is 2.37. The summed E-state index contributed by atoms with van der Waals surface area (Å²) in [5.41, 5.74) is -0.793. The predicted octanol–water partition coefficient (Wildman–Crippen LogP) is 1.95. The van der Waals surface area contributed by atoms with E-state index in [9.17, 15) is 18.0 Å². The van der Waals surface area contributed by atoms with E-state index in [2.05, 4.69) is 0 Å². The third kappa shape index (κ3) is 3.22. The van der Waals surface area contributed by atoms with Crippen molar-refractivity contribution in [2.24, 2.45) is 0 Å². The number of rotatable bonds is 5. The van der Waals surface area contributed by atoms with Crippen LogP contribution < -0.4 is 0 Å². The number of amides is 1. The van der Waals surface area contributed by atoms with Gasteiger partial charge in [-0.2, -0.15) is 0 Å².